The molecule has 0 aliphatic carbocycles. The van der Waals surface area contributed by atoms with E-state index in [9.17, 15) is 13.2 Å². The minimum Gasteiger partial charge on any atom is -0.363 e. The van der Waals surface area contributed by atoms with Crippen molar-refractivity contribution in [1.29, 1.82) is 0 Å². The van der Waals surface area contributed by atoms with Crippen molar-refractivity contribution < 1.29 is 17.9 Å². The maximum Gasteiger partial charge on any atom is 0.411 e. The molecule has 1 rings (SSSR count). The van der Waals surface area contributed by atoms with Gasteiger partial charge >= 0.3 is 6.18 Å². The molecule has 0 aliphatic heterocycles. The van der Waals surface area contributed by atoms with Gasteiger partial charge in [0, 0.05) is 17.6 Å². The van der Waals surface area contributed by atoms with Crippen molar-refractivity contribution in [2.24, 2.45) is 0 Å². The summed E-state index contributed by atoms with van der Waals surface area (Å²) in [5.74, 6) is 0. The molecule has 0 aromatic heterocycles. The number of nitrogens with one attached hydrogen (secondary N) is 1. The quantitative estimate of drug-likeness (QED) is 0.858. The first-order valence-electron chi connectivity index (χ1n) is 5.95. The van der Waals surface area contributed by atoms with Crippen molar-refractivity contribution in [2.75, 3.05) is 13.2 Å². The van der Waals surface area contributed by atoms with Gasteiger partial charge in [-0.3, -0.25) is 0 Å². The van der Waals surface area contributed by atoms with Gasteiger partial charge in [-0.25, -0.2) is 0 Å². The van der Waals surface area contributed by atoms with Crippen molar-refractivity contribution in [3.63, 3.8) is 0 Å². The molecule has 0 saturated carbocycles. The monoisotopic (exact) mass is 295 g/mol. The van der Waals surface area contributed by atoms with Crippen molar-refractivity contribution in [2.45, 2.75) is 32.2 Å². The molecule has 0 heterocycles. The number of alkyl halides is 3. The number of hydrogen-bond donors (Lipinski definition) is 1. The van der Waals surface area contributed by atoms with Crippen molar-refractivity contribution in [1.82, 2.24) is 5.32 Å². The van der Waals surface area contributed by atoms with Crippen LogP contribution in [-0.2, 0) is 4.74 Å². The predicted octanol–water partition coefficient (Wildman–Crippen LogP) is 3.96. The third kappa shape index (κ3) is 6.80. The van der Waals surface area contributed by atoms with Crippen LogP contribution in [0.2, 0.25) is 5.02 Å². The zero-order valence-corrected chi connectivity index (χ0v) is 11.6. The molecule has 1 N–H and O–H groups in total. The SMILES string of the molecule is CC(C)NCC(OCC(F)(F)F)c1cccc(Cl)c1. The molecule has 108 valence electrons. The van der Waals surface area contributed by atoms with Gasteiger partial charge in [-0.15, -0.1) is 0 Å². The molecule has 0 spiro atoms. The second kappa shape index (κ2) is 7.12. The summed E-state index contributed by atoms with van der Waals surface area (Å²) in [4.78, 5) is 0. The zero-order chi connectivity index (χ0) is 14.5. The van der Waals surface area contributed by atoms with Crippen LogP contribution in [0.1, 0.15) is 25.5 Å². The maximum atomic E-state index is 12.2. The maximum absolute atomic E-state index is 12.2. The summed E-state index contributed by atoms with van der Waals surface area (Å²) in [6.45, 7) is 2.86. The predicted molar refractivity (Wildman–Crippen MR) is 69.3 cm³/mol. The molecule has 19 heavy (non-hydrogen) atoms. The van der Waals surface area contributed by atoms with Crippen molar-refractivity contribution in [3.05, 3.63) is 34.9 Å². The standard InChI is InChI=1S/C13H17ClF3NO/c1-9(2)18-7-12(19-8-13(15,16)17)10-4-3-5-11(14)6-10/h3-6,9,12,18H,7-8H2,1-2H3. The van der Waals surface area contributed by atoms with E-state index in [1.54, 1.807) is 24.3 Å². The molecule has 1 aromatic rings. The largest absolute Gasteiger partial charge is 0.411 e. The first-order valence-corrected chi connectivity index (χ1v) is 6.33. The van der Waals surface area contributed by atoms with E-state index in [-0.39, 0.29) is 6.04 Å². The van der Waals surface area contributed by atoms with Gasteiger partial charge in [0.05, 0.1) is 6.10 Å². The molecule has 1 atom stereocenters. The van der Waals surface area contributed by atoms with Crippen LogP contribution in [0.4, 0.5) is 13.2 Å². The molecule has 0 fully saturated rings. The fourth-order valence-corrected chi connectivity index (χ4v) is 1.72. The Kier molecular flexibility index (Phi) is 6.10. The van der Waals surface area contributed by atoms with E-state index in [2.05, 4.69) is 5.32 Å². The Bertz CT molecular complexity index is 396. The molecular weight excluding hydrogens is 279 g/mol. The first kappa shape index (κ1) is 16.3. The topological polar surface area (TPSA) is 21.3 Å². The third-order valence-corrected chi connectivity index (χ3v) is 2.62. The Balaban J connectivity index is 2.73. The van der Waals surface area contributed by atoms with E-state index in [1.807, 2.05) is 13.8 Å². The number of benzene rings is 1. The first-order chi connectivity index (χ1) is 8.78. The van der Waals surface area contributed by atoms with Crippen molar-refractivity contribution >= 4 is 11.6 Å². The minimum atomic E-state index is -4.34. The summed E-state index contributed by atoms with van der Waals surface area (Å²) < 4.78 is 41.7. The van der Waals surface area contributed by atoms with Crippen LogP contribution in [0.5, 0.6) is 0 Å². The Morgan fingerprint density at radius 2 is 2.00 bits per heavy atom. The van der Waals surface area contributed by atoms with Gasteiger partial charge in [0.2, 0.25) is 0 Å². The molecule has 6 heteroatoms. The third-order valence-electron chi connectivity index (χ3n) is 2.38. The van der Waals surface area contributed by atoms with Gasteiger partial charge in [-0.1, -0.05) is 37.6 Å². The second-order valence-corrected chi connectivity index (χ2v) is 4.97. The zero-order valence-electron chi connectivity index (χ0n) is 10.8. The minimum absolute atomic E-state index is 0.163. The fourth-order valence-electron chi connectivity index (χ4n) is 1.52. The second-order valence-electron chi connectivity index (χ2n) is 4.53. The van der Waals surface area contributed by atoms with Crippen LogP contribution in [0.15, 0.2) is 24.3 Å². The summed E-state index contributed by atoms with van der Waals surface area (Å²) in [6.07, 6.45) is -5.02. The lowest BCUT2D eigenvalue weighted by molar-refractivity contribution is -0.185. The highest BCUT2D eigenvalue weighted by molar-refractivity contribution is 6.30. The Labute approximate surface area is 115 Å². The molecule has 0 amide bonds. The molecule has 0 bridgehead atoms. The fraction of sp³-hybridized carbons (Fsp3) is 0.538. The van der Waals surface area contributed by atoms with Gasteiger partial charge in [0.1, 0.15) is 6.61 Å². The lowest BCUT2D eigenvalue weighted by Gasteiger charge is -2.21. The molecule has 0 aliphatic rings. The van der Waals surface area contributed by atoms with Crippen LogP contribution in [-0.4, -0.2) is 25.4 Å². The summed E-state index contributed by atoms with van der Waals surface area (Å²) in [7, 11) is 0. The Morgan fingerprint density at radius 1 is 1.32 bits per heavy atom. The van der Waals surface area contributed by atoms with E-state index in [1.165, 1.54) is 0 Å². The van der Waals surface area contributed by atoms with Gasteiger partial charge < -0.3 is 10.1 Å². The Hall–Kier alpha value is -0.780. The normalized spacial score (nSPS) is 13.8. The molecule has 1 aromatic carbocycles. The summed E-state index contributed by atoms with van der Waals surface area (Å²) >= 11 is 5.84. The number of ether oxygens (including phenoxy) is 1. The highest BCUT2D eigenvalue weighted by Crippen LogP contribution is 2.24. The summed E-state index contributed by atoms with van der Waals surface area (Å²) in [6, 6.07) is 6.84. The van der Waals surface area contributed by atoms with Gasteiger partial charge in [0.25, 0.3) is 0 Å². The van der Waals surface area contributed by atoms with E-state index < -0.39 is 18.9 Å². The molecule has 0 saturated heterocycles. The summed E-state index contributed by atoms with van der Waals surface area (Å²) in [5, 5.41) is 3.54. The van der Waals surface area contributed by atoms with Crippen molar-refractivity contribution in [3.8, 4) is 0 Å². The smallest absolute Gasteiger partial charge is 0.363 e. The molecule has 0 radical (unpaired) electrons. The van der Waals surface area contributed by atoms with Crippen LogP contribution in [0.3, 0.4) is 0 Å². The van der Waals surface area contributed by atoms with E-state index >= 15 is 0 Å². The van der Waals surface area contributed by atoms with Gasteiger partial charge in [-0.2, -0.15) is 13.2 Å². The Morgan fingerprint density at radius 3 is 2.53 bits per heavy atom. The highest BCUT2D eigenvalue weighted by Gasteiger charge is 2.29. The van der Waals surface area contributed by atoms with Crippen LogP contribution in [0.25, 0.3) is 0 Å². The average molecular weight is 296 g/mol. The van der Waals surface area contributed by atoms with Gasteiger partial charge in [-0.05, 0) is 17.7 Å². The lowest BCUT2D eigenvalue weighted by atomic mass is 10.1. The van der Waals surface area contributed by atoms with Crippen LogP contribution in [0, 0.1) is 0 Å². The van der Waals surface area contributed by atoms with Gasteiger partial charge in [0.15, 0.2) is 0 Å². The molecule has 2 nitrogen and oxygen atoms in total. The lowest BCUT2D eigenvalue weighted by Crippen LogP contribution is -2.31. The van der Waals surface area contributed by atoms with Crippen LogP contribution >= 0.6 is 11.6 Å². The summed E-state index contributed by atoms with van der Waals surface area (Å²) in [5.41, 5.74) is 0.630. The average Bonchev–Trinajstić information content (AvgIpc) is 2.27. The number of rotatable bonds is 6. The van der Waals surface area contributed by atoms with Crippen LogP contribution < -0.4 is 5.32 Å². The number of halogens is 4. The van der Waals surface area contributed by atoms with E-state index in [0.29, 0.717) is 17.1 Å². The molecular formula is C13H17ClF3NO. The van der Waals surface area contributed by atoms with E-state index in [0.717, 1.165) is 0 Å². The molecule has 1 unspecified atom stereocenters. The van der Waals surface area contributed by atoms with E-state index in [4.69, 9.17) is 16.3 Å². The highest BCUT2D eigenvalue weighted by atomic mass is 35.5. The number of hydrogen-bond acceptors (Lipinski definition) is 2.